The Balaban J connectivity index is 1.65. The molecule has 11 heteroatoms. The zero-order valence-electron chi connectivity index (χ0n) is 21.1. The fraction of sp³-hybridized carbons (Fsp3) is 0.222. The number of hydrogen-bond acceptors (Lipinski definition) is 8. The Labute approximate surface area is 223 Å². The maximum Gasteiger partial charge on any atom is 0.354 e. The van der Waals surface area contributed by atoms with E-state index in [0.29, 0.717) is 22.3 Å². The van der Waals surface area contributed by atoms with E-state index in [2.05, 4.69) is 15.3 Å². The maximum atomic E-state index is 13.4. The largest absolute Gasteiger partial charge is 0.469 e. The van der Waals surface area contributed by atoms with E-state index in [1.165, 1.54) is 11.7 Å². The number of benzene rings is 2. The predicted molar refractivity (Wildman–Crippen MR) is 143 cm³/mol. The van der Waals surface area contributed by atoms with Gasteiger partial charge in [0.15, 0.2) is 0 Å². The SMILES string of the molecule is COC(=O)[C@@H](C)Cn1c(=O)nc(Nc2ccc(Oc3ccc(C)cn3)cc2)n(Cc2ccc(Cl)cc2)c1=O. The molecule has 4 rings (SSSR count). The molecule has 2 aromatic heterocycles. The molecule has 0 amide bonds. The first-order chi connectivity index (χ1) is 18.2. The van der Waals surface area contributed by atoms with Crippen LogP contribution in [0.4, 0.5) is 11.6 Å². The number of methoxy groups -OCH3 is 1. The van der Waals surface area contributed by atoms with Crippen molar-refractivity contribution < 1.29 is 14.3 Å². The van der Waals surface area contributed by atoms with E-state index in [0.717, 1.165) is 15.7 Å². The zero-order valence-corrected chi connectivity index (χ0v) is 21.8. The number of pyridine rings is 1. The fourth-order valence-electron chi connectivity index (χ4n) is 3.62. The molecule has 0 saturated heterocycles. The van der Waals surface area contributed by atoms with Crippen LogP contribution in [-0.2, 0) is 22.6 Å². The van der Waals surface area contributed by atoms with Crippen molar-refractivity contribution in [2.24, 2.45) is 5.92 Å². The van der Waals surface area contributed by atoms with Crippen molar-refractivity contribution in [2.45, 2.75) is 26.9 Å². The lowest BCUT2D eigenvalue weighted by molar-refractivity contribution is -0.145. The van der Waals surface area contributed by atoms with E-state index in [4.69, 9.17) is 21.1 Å². The summed E-state index contributed by atoms with van der Waals surface area (Å²) in [6, 6.07) is 17.6. The van der Waals surface area contributed by atoms with Crippen LogP contribution in [-0.4, -0.2) is 32.2 Å². The van der Waals surface area contributed by atoms with E-state index >= 15 is 0 Å². The van der Waals surface area contributed by atoms with Crippen LogP contribution < -0.4 is 21.4 Å². The number of rotatable bonds is 9. The molecule has 4 aromatic rings. The molecule has 2 heterocycles. The quantitative estimate of drug-likeness (QED) is 0.318. The van der Waals surface area contributed by atoms with Gasteiger partial charge in [-0.05, 0) is 54.4 Å². The first-order valence-corrected chi connectivity index (χ1v) is 12.1. The minimum Gasteiger partial charge on any atom is -0.469 e. The molecule has 2 aromatic carbocycles. The minimum absolute atomic E-state index is 0.0470. The van der Waals surface area contributed by atoms with Gasteiger partial charge in [0, 0.05) is 29.5 Å². The molecule has 0 aliphatic rings. The topological polar surface area (TPSA) is 117 Å². The maximum absolute atomic E-state index is 13.4. The highest BCUT2D eigenvalue weighted by molar-refractivity contribution is 6.30. The third-order valence-electron chi connectivity index (χ3n) is 5.68. The summed E-state index contributed by atoms with van der Waals surface area (Å²) in [7, 11) is 1.25. The van der Waals surface area contributed by atoms with Crippen LogP contribution in [0.5, 0.6) is 11.6 Å². The van der Waals surface area contributed by atoms with Crippen molar-refractivity contribution in [2.75, 3.05) is 12.4 Å². The van der Waals surface area contributed by atoms with E-state index in [9.17, 15) is 14.4 Å². The Morgan fingerprint density at radius 3 is 2.37 bits per heavy atom. The molecule has 1 N–H and O–H groups in total. The summed E-state index contributed by atoms with van der Waals surface area (Å²) >= 11 is 6.01. The Kier molecular flexibility index (Phi) is 8.22. The molecule has 38 heavy (non-hydrogen) atoms. The van der Waals surface area contributed by atoms with Gasteiger partial charge in [-0.3, -0.25) is 9.36 Å². The Morgan fingerprint density at radius 1 is 1.03 bits per heavy atom. The smallest absolute Gasteiger partial charge is 0.354 e. The molecule has 10 nitrogen and oxygen atoms in total. The first kappa shape index (κ1) is 26.6. The number of esters is 1. The second kappa shape index (κ2) is 11.7. The van der Waals surface area contributed by atoms with Gasteiger partial charge >= 0.3 is 17.3 Å². The molecule has 0 spiro atoms. The third kappa shape index (κ3) is 6.46. The number of nitrogens with zero attached hydrogens (tertiary/aromatic N) is 4. The fourth-order valence-corrected chi connectivity index (χ4v) is 3.74. The molecule has 0 radical (unpaired) electrons. The molecule has 0 bridgehead atoms. The highest BCUT2D eigenvalue weighted by Crippen LogP contribution is 2.23. The normalized spacial score (nSPS) is 11.6. The Morgan fingerprint density at radius 2 is 1.74 bits per heavy atom. The van der Waals surface area contributed by atoms with Gasteiger partial charge in [-0.2, -0.15) is 4.98 Å². The number of halogens is 1. The van der Waals surface area contributed by atoms with Gasteiger partial charge in [0.1, 0.15) is 5.75 Å². The van der Waals surface area contributed by atoms with Crippen molar-refractivity contribution in [1.82, 2.24) is 19.1 Å². The number of hydrogen-bond donors (Lipinski definition) is 1. The summed E-state index contributed by atoms with van der Waals surface area (Å²) in [5.41, 5.74) is 0.957. The standard InChI is InChI=1S/C27H26ClN5O5/c1-17-4-13-23(29-14-17)38-22-11-9-21(10-12-22)30-25-31-26(35)33(15-18(2)24(34)37-3)27(36)32(25)16-19-5-7-20(28)8-6-19/h4-14,18H,15-16H2,1-3H3,(H,30,31,35)/t18-/m0/s1. The van der Waals surface area contributed by atoms with Gasteiger partial charge in [-0.25, -0.2) is 19.1 Å². The summed E-state index contributed by atoms with van der Waals surface area (Å²) in [5, 5.41) is 3.60. The predicted octanol–water partition coefficient (Wildman–Crippen LogP) is 4.16. The van der Waals surface area contributed by atoms with Crippen LogP contribution in [0.3, 0.4) is 0 Å². The number of carbonyl (C=O) groups is 1. The lowest BCUT2D eigenvalue weighted by atomic mass is 10.2. The van der Waals surface area contributed by atoms with E-state index in [1.807, 2.05) is 13.0 Å². The number of anilines is 2. The van der Waals surface area contributed by atoms with Crippen molar-refractivity contribution in [3.05, 3.63) is 104 Å². The van der Waals surface area contributed by atoms with Crippen LogP contribution in [0.1, 0.15) is 18.1 Å². The van der Waals surface area contributed by atoms with Gasteiger partial charge in [0.2, 0.25) is 11.8 Å². The molecule has 0 fully saturated rings. The number of nitrogens with one attached hydrogen (secondary N) is 1. The highest BCUT2D eigenvalue weighted by Gasteiger charge is 2.20. The van der Waals surface area contributed by atoms with Gasteiger partial charge in [0.25, 0.3) is 0 Å². The summed E-state index contributed by atoms with van der Waals surface area (Å²) in [6.45, 7) is 3.45. The lowest BCUT2D eigenvalue weighted by Crippen LogP contribution is -2.44. The number of aryl methyl sites for hydroxylation is 1. The number of ether oxygens (including phenoxy) is 2. The van der Waals surface area contributed by atoms with Crippen LogP contribution in [0, 0.1) is 12.8 Å². The van der Waals surface area contributed by atoms with Crippen LogP contribution in [0.2, 0.25) is 5.02 Å². The molecular weight excluding hydrogens is 510 g/mol. The summed E-state index contributed by atoms with van der Waals surface area (Å²) in [5.74, 6) is -0.188. The summed E-state index contributed by atoms with van der Waals surface area (Å²) in [4.78, 5) is 46.5. The number of carbonyl (C=O) groups excluding carboxylic acids is 1. The molecular formula is C27H26ClN5O5. The van der Waals surface area contributed by atoms with Crippen LogP contribution >= 0.6 is 11.6 Å². The monoisotopic (exact) mass is 535 g/mol. The van der Waals surface area contributed by atoms with Crippen molar-refractivity contribution in [3.63, 3.8) is 0 Å². The second-order valence-corrected chi connectivity index (χ2v) is 9.11. The molecule has 1 atom stereocenters. The average Bonchev–Trinajstić information content (AvgIpc) is 2.91. The van der Waals surface area contributed by atoms with Gasteiger partial charge in [-0.1, -0.05) is 36.7 Å². The van der Waals surface area contributed by atoms with E-state index in [-0.39, 0.29) is 19.0 Å². The number of aromatic nitrogens is 4. The average molecular weight is 536 g/mol. The van der Waals surface area contributed by atoms with Gasteiger partial charge in [0.05, 0.1) is 19.6 Å². The van der Waals surface area contributed by atoms with E-state index in [1.54, 1.807) is 67.7 Å². The minimum atomic E-state index is -0.786. The van der Waals surface area contributed by atoms with Crippen LogP contribution in [0.15, 0.2) is 76.4 Å². The molecule has 0 unspecified atom stereocenters. The van der Waals surface area contributed by atoms with Gasteiger partial charge < -0.3 is 14.8 Å². The lowest BCUT2D eigenvalue weighted by Gasteiger charge is -2.17. The van der Waals surface area contributed by atoms with Crippen molar-refractivity contribution >= 4 is 29.2 Å². The Hall–Kier alpha value is -4.44. The van der Waals surface area contributed by atoms with E-state index < -0.39 is 23.3 Å². The molecule has 0 aliphatic carbocycles. The van der Waals surface area contributed by atoms with Gasteiger partial charge in [-0.15, -0.1) is 0 Å². The highest BCUT2D eigenvalue weighted by atomic mass is 35.5. The zero-order chi connectivity index (χ0) is 27.2. The Bertz CT molecular complexity index is 1530. The second-order valence-electron chi connectivity index (χ2n) is 8.67. The molecule has 196 valence electrons. The molecule has 0 saturated carbocycles. The third-order valence-corrected chi connectivity index (χ3v) is 5.93. The summed E-state index contributed by atoms with van der Waals surface area (Å²) in [6.07, 6.45) is 1.71. The van der Waals surface area contributed by atoms with Crippen LogP contribution in [0.25, 0.3) is 0 Å². The first-order valence-electron chi connectivity index (χ1n) is 11.7. The molecule has 0 aliphatic heterocycles. The summed E-state index contributed by atoms with van der Waals surface area (Å²) < 4.78 is 12.7. The van der Waals surface area contributed by atoms with Crippen molar-refractivity contribution in [3.8, 4) is 11.6 Å². The van der Waals surface area contributed by atoms with Crippen molar-refractivity contribution in [1.29, 1.82) is 0 Å².